The summed E-state index contributed by atoms with van der Waals surface area (Å²) < 4.78 is 39.6. The summed E-state index contributed by atoms with van der Waals surface area (Å²) in [7, 11) is 1.31. The van der Waals surface area contributed by atoms with Gasteiger partial charge in [-0.05, 0) is 31.2 Å². The average molecular weight is 393 g/mol. The first-order valence-electron chi connectivity index (χ1n) is 8.21. The number of hydrogen-bond acceptors (Lipinski definition) is 3. The molecule has 2 rings (SSSR count). The highest BCUT2D eigenvalue weighted by molar-refractivity contribution is 5.98. The maximum absolute atomic E-state index is 13.6. The third-order valence-corrected chi connectivity index (χ3v) is 3.83. The van der Waals surface area contributed by atoms with Gasteiger partial charge in [-0.2, -0.15) is 0 Å². The molecule has 0 aromatic heterocycles. The molecule has 0 fully saturated rings. The number of likely N-dealkylation sites (N-methyl/N-ethyl adjacent to an activating group) is 1. The fourth-order valence-electron chi connectivity index (χ4n) is 2.21. The first-order chi connectivity index (χ1) is 13.2. The zero-order valence-electron chi connectivity index (χ0n) is 15.2. The van der Waals surface area contributed by atoms with Crippen molar-refractivity contribution in [3.05, 3.63) is 65.0 Å². The monoisotopic (exact) mass is 393 g/mol. The van der Waals surface area contributed by atoms with E-state index in [0.29, 0.717) is 11.6 Å². The number of nitrogens with zero attached hydrogens (tertiary/aromatic N) is 1. The van der Waals surface area contributed by atoms with Crippen LogP contribution in [0, 0.1) is 24.4 Å². The van der Waals surface area contributed by atoms with Gasteiger partial charge >= 0.3 is 0 Å². The Kier molecular flexibility index (Phi) is 6.75. The quantitative estimate of drug-likeness (QED) is 0.739. The van der Waals surface area contributed by atoms with E-state index < -0.39 is 47.4 Å². The van der Waals surface area contributed by atoms with E-state index in [4.69, 9.17) is 0 Å². The maximum atomic E-state index is 13.6. The van der Waals surface area contributed by atoms with Gasteiger partial charge in [0.15, 0.2) is 17.5 Å². The van der Waals surface area contributed by atoms with Crippen molar-refractivity contribution in [2.75, 3.05) is 25.5 Å². The number of benzene rings is 2. The van der Waals surface area contributed by atoms with Crippen LogP contribution in [-0.2, 0) is 9.59 Å². The number of amides is 3. The third-order valence-electron chi connectivity index (χ3n) is 3.83. The number of anilines is 1. The minimum atomic E-state index is -1.71. The van der Waals surface area contributed by atoms with Gasteiger partial charge in [-0.25, -0.2) is 13.2 Å². The number of hydrogen-bond donors (Lipinski definition) is 2. The molecule has 2 aromatic carbocycles. The second kappa shape index (κ2) is 9.03. The maximum Gasteiger partial charge on any atom is 0.251 e. The Balaban J connectivity index is 1.86. The molecule has 2 N–H and O–H groups in total. The fraction of sp³-hybridized carbons (Fsp3) is 0.211. The molecule has 0 atom stereocenters. The second-order valence-electron chi connectivity index (χ2n) is 6.07. The standard InChI is InChI=1S/C19H18F3N3O3/c1-11-3-5-12(6-4-11)19(28)23-9-16(27)25(2)10-15(26)24-14-8-7-13(20)17(21)18(14)22/h3-8H,9-10H2,1-2H3,(H,23,28)(H,24,26). The predicted molar refractivity (Wildman–Crippen MR) is 96.1 cm³/mol. The van der Waals surface area contributed by atoms with Crippen LogP contribution >= 0.6 is 0 Å². The van der Waals surface area contributed by atoms with Crippen LogP contribution in [0.25, 0.3) is 0 Å². The van der Waals surface area contributed by atoms with Crippen molar-refractivity contribution in [1.29, 1.82) is 0 Å². The van der Waals surface area contributed by atoms with Crippen LogP contribution in [0.15, 0.2) is 36.4 Å². The summed E-state index contributed by atoms with van der Waals surface area (Å²) in [5.74, 6) is -6.46. The summed E-state index contributed by atoms with van der Waals surface area (Å²) in [6, 6.07) is 8.28. The Bertz CT molecular complexity index is 901. The van der Waals surface area contributed by atoms with Crippen LogP contribution in [0.2, 0.25) is 0 Å². The van der Waals surface area contributed by atoms with Crippen molar-refractivity contribution in [3.8, 4) is 0 Å². The van der Waals surface area contributed by atoms with Gasteiger partial charge in [0.2, 0.25) is 11.8 Å². The normalized spacial score (nSPS) is 10.3. The molecule has 3 amide bonds. The van der Waals surface area contributed by atoms with E-state index in [1.54, 1.807) is 24.3 Å². The minimum absolute atomic E-state index is 0.351. The lowest BCUT2D eigenvalue weighted by Crippen LogP contribution is -2.41. The zero-order valence-corrected chi connectivity index (χ0v) is 15.2. The Morgan fingerprint density at radius 1 is 0.964 bits per heavy atom. The van der Waals surface area contributed by atoms with Gasteiger partial charge in [-0.3, -0.25) is 14.4 Å². The number of halogens is 3. The molecule has 6 nitrogen and oxygen atoms in total. The van der Waals surface area contributed by atoms with E-state index in [-0.39, 0.29) is 6.54 Å². The molecule has 0 spiro atoms. The van der Waals surface area contributed by atoms with Gasteiger partial charge in [-0.1, -0.05) is 17.7 Å². The lowest BCUT2D eigenvalue weighted by atomic mass is 10.1. The average Bonchev–Trinajstić information content (AvgIpc) is 2.66. The summed E-state index contributed by atoms with van der Waals surface area (Å²) >= 11 is 0. The molecule has 0 aliphatic carbocycles. The molecule has 0 radical (unpaired) electrons. The van der Waals surface area contributed by atoms with Gasteiger partial charge < -0.3 is 15.5 Å². The van der Waals surface area contributed by atoms with Gasteiger partial charge in [0.1, 0.15) is 0 Å². The van der Waals surface area contributed by atoms with Gasteiger partial charge in [0.25, 0.3) is 5.91 Å². The number of rotatable bonds is 6. The van der Waals surface area contributed by atoms with Gasteiger partial charge in [-0.15, -0.1) is 0 Å². The SMILES string of the molecule is Cc1ccc(C(=O)NCC(=O)N(C)CC(=O)Nc2ccc(F)c(F)c2F)cc1. The summed E-state index contributed by atoms with van der Waals surface area (Å²) in [6.45, 7) is 1.05. The van der Waals surface area contributed by atoms with Crippen molar-refractivity contribution >= 4 is 23.4 Å². The van der Waals surface area contributed by atoms with E-state index >= 15 is 0 Å². The second-order valence-corrected chi connectivity index (χ2v) is 6.07. The van der Waals surface area contributed by atoms with E-state index in [1.165, 1.54) is 7.05 Å². The first-order valence-corrected chi connectivity index (χ1v) is 8.21. The van der Waals surface area contributed by atoms with E-state index in [2.05, 4.69) is 10.6 Å². The molecule has 0 aliphatic heterocycles. The van der Waals surface area contributed by atoms with Crippen LogP contribution in [-0.4, -0.2) is 42.8 Å². The summed E-state index contributed by atoms with van der Waals surface area (Å²) in [5, 5.41) is 4.49. The Morgan fingerprint density at radius 3 is 2.25 bits per heavy atom. The molecular weight excluding hydrogens is 375 g/mol. The fourth-order valence-corrected chi connectivity index (χ4v) is 2.21. The molecule has 28 heavy (non-hydrogen) atoms. The number of aryl methyl sites for hydroxylation is 1. The van der Waals surface area contributed by atoms with E-state index in [1.807, 2.05) is 6.92 Å². The molecular formula is C19H18F3N3O3. The zero-order chi connectivity index (χ0) is 20.8. The molecule has 0 aliphatic rings. The van der Waals surface area contributed by atoms with Crippen LogP contribution in [0.1, 0.15) is 15.9 Å². The van der Waals surface area contributed by atoms with Crippen molar-refractivity contribution < 1.29 is 27.6 Å². The smallest absolute Gasteiger partial charge is 0.251 e. The van der Waals surface area contributed by atoms with E-state index in [0.717, 1.165) is 16.5 Å². The highest BCUT2D eigenvalue weighted by atomic mass is 19.2. The van der Waals surface area contributed by atoms with Crippen LogP contribution in [0.3, 0.4) is 0 Å². The minimum Gasteiger partial charge on any atom is -0.343 e. The predicted octanol–water partition coefficient (Wildman–Crippen LogP) is 2.24. The number of nitrogens with one attached hydrogen (secondary N) is 2. The van der Waals surface area contributed by atoms with Crippen LogP contribution in [0.5, 0.6) is 0 Å². The molecule has 148 valence electrons. The van der Waals surface area contributed by atoms with Gasteiger partial charge in [0, 0.05) is 12.6 Å². The Labute approximate surface area is 159 Å². The molecule has 0 unspecified atom stereocenters. The number of carbonyl (C=O) groups is 3. The van der Waals surface area contributed by atoms with E-state index in [9.17, 15) is 27.6 Å². The van der Waals surface area contributed by atoms with Crippen LogP contribution in [0.4, 0.5) is 18.9 Å². The highest BCUT2D eigenvalue weighted by Gasteiger charge is 2.18. The van der Waals surface area contributed by atoms with Gasteiger partial charge in [0.05, 0.1) is 18.8 Å². The molecule has 9 heteroatoms. The van der Waals surface area contributed by atoms with Crippen molar-refractivity contribution in [1.82, 2.24) is 10.2 Å². The first kappa shape index (κ1) is 20.9. The lowest BCUT2D eigenvalue weighted by Gasteiger charge is -2.17. The Hall–Kier alpha value is -3.36. The highest BCUT2D eigenvalue weighted by Crippen LogP contribution is 2.19. The summed E-state index contributed by atoms with van der Waals surface area (Å²) in [6.07, 6.45) is 0. The molecule has 0 saturated carbocycles. The topological polar surface area (TPSA) is 78.5 Å². The molecule has 0 saturated heterocycles. The Morgan fingerprint density at radius 2 is 1.61 bits per heavy atom. The molecule has 2 aromatic rings. The largest absolute Gasteiger partial charge is 0.343 e. The summed E-state index contributed by atoms with van der Waals surface area (Å²) in [5.41, 5.74) is 0.820. The van der Waals surface area contributed by atoms with Crippen molar-refractivity contribution in [2.24, 2.45) is 0 Å². The number of carbonyl (C=O) groups excluding carboxylic acids is 3. The third kappa shape index (κ3) is 5.32. The van der Waals surface area contributed by atoms with Crippen molar-refractivity contribution in [2.45, 2.75) is 6.92 Å². The lowest BCUT2D eigenvalue weighted by molar-refractivity contribution is -0.132. The summed E-state index contributed by atoms with van der Waals surface area (Å²) in [4.78, 5) is 36.9. The molecule has 0 bridgehead atoms. The van der Waals surface area contributed by atoms with Crippen molar-refractivity contribution in [3.63, 3.8) is 0 Å². The molecule has 0 heterocycles. The van der Waals surface area contributed by atoms with Crippen LogP contribution < -0.4 is 10.6 Å².